The van der Waals surface area contributed by atoms with Crippen LogP contribution in [0.4, 0.5) is 22.0 Å². The predicted octanol–water partition coefficient (Wildman–Crippen LogP) is 2.57. The van der Waals surface area contributed by atoms with E-state index in [1.54, 1.807) is 0 Å². The minimum atomic E-state index is -4.47. The molecule has 2 aromatic heterocycles. The molecule has 0 saturated heterocycles. The number of benzene rings is 1. The lowest BCUT2D eigenvalue weighted by Crippen LogP contribution is -2.15. The molecular formula is C15H11F5N6O2. The van der Waals surface area contributed by atoms with Crippen LogP contribution in [0.3, 0.4) is 0 Å². The lowest BCUT2D eigenvalue weighted by atomic mass is 10.1. The zero-order valence-electron chi connectivity index (χ0n) is 13.8. The largest absolute Gasteiger partial charge is 0.477 e. The van der Waals surface area contributed by atoms with E-state index < -0.39 is 36.4 Å². The highest BCUT2D eigenvalue weighted by Gasteiger charge is 2.30. The maximum atomic E-state index is 12.6. The zero-order chi connectivity index (χ0) is 20.5. The number of alkyl halides is 5. The molecule has 0 aliphatic carbocycles. The number of hydrogen-bond donors (Lipinski definition) is 1. The van der Waals surface area contributed by atoms with Gasteiger partial charge in [0.25, 0.3) is 6.43 Å². The summed E-state index contributed by atoms with van der Waals surface area (Å²) in [5.74, 6) is -1.38. The van der Waals surface area contributed by atoms with Gasteiger partial charge >= 0.3 is 12.1 Å². The fourth-order valence-corrected chi connectivity index (χ4v) is 2.37. The average molecular weight is 402 g/mol. The predicted molar refractivity (Wildman–Crippen MR) is 82.5 cm³/mol. The third-order valence-corrected chi connectivity index (χ3v) is 3.59. The number of tetrazole rings is 1. The smallest absolute Gasteiger partial charge is 0.416 e. The number of carboxylic acids is 1. The molecule has 3 rings (SSSR count). The quantitative estimate of drug-likeness (QED) is 0.637. The van der Waals surface area contributed by atoms with E-state index in [1.807, 2.05) is 0 Å². The summed E-state index contributed by atoms with van der Waals surface area (Å²) in [7, 11) is 0. The highest BCUT2D eigenvalue weighted by Crippen LogP contribution is 2.30. The monoisotopic (exact) mass is 402 g/mol. The number of carboxylic acid groups (broad SMARTS) is 1. The molecule has 28 heavy (non-hydrogen) atoms. The summed E-state index contributed by atoms with van der Waals surface area (Å²) in [6.07, 6.45) is -7.26. The van der Waals surface area contributed by atoms with Crippen molar-refractivity contribution >= 4 is 5.97 Å². The van der Waals surface area contributed by atoms with Gasteiger partial charge in [0, 0.05) is 5.56 Å². The van der Waals surface area contributed by atoms with Crippen LogP contribution < -0.4 is 0 Å². The van der Waals surface area contributed by atoms with Gasteiger partial charge in [-0.05, 0) is 23.4 Å². The molecule has 0 bridgehead atoms. The van der Waals surface area contributed by atoms with Crippen LogP contribution in [-0.2, 0) is 19.3 Å². The van der Waals surface area contributed by atoms with Crippen molar-refractivity contribution in [3.05, 3.63) is 47.3 Å². The molecule has 0 atom stereocenters. The molecule has 3 aromatic rings. The van der Waals surface area contributed by atoms with Crippen molar-refractivity contribution in [1.29, 1.82) is 0 Å². The van der Waals surface area contributed by atoms with Gasteiger partial charge < -0.3 is 5.11 Å². The topological polar surface area (TPSA) is 98.7 Å². The second kappa shape index (κ2) is 7.32. The average Bonchev–Trinajstić information content (AvgIpc) is 3.21. The molecule has 0 radical (unpaired) electrons. The Bertz CT molecular complexity index is 980. The molecule has 8 nitrogen and oxygen atoms in total. The second-order valence-corrected chi connectivity index (χ2v) is 5.62. The Kier molecular flexibility index (Phi) is 5.07. The number of nitrogens with zero attached hydrogens (tertiary/aromatic N) is 6. The first-order chi connectivity index (χ1) is 13.1. The van der Waals surface area contributed by atoms with E-state index in [0.717, 1.165) is 23.0 Å². The van der Waals surface area contributed by atoms with Crippen LogP contribution in [0.25, 0.3) is 11.4 Å². The molecule has 0 fully saturated rings. The number of rotatable bonds is 6. The summed E-state index contributed by atoms with van der Waals surface area (Å²) in [4.78, 5) is 12.1. The maximum absolute atomic E-state index is 12.6. The molecule has 2 heterocycles. The normalized spacial score (nSPS) is 11.9. The van der Waals surface area contributed by atoms with Crippen molar-refractivity contribution in [1.82, 2.24) is 30.0 Å². The molecule has 0 aliphatic rings. The summed E-state index contributed by atoms with van der Waals surface area (Å²) in [6, 6.07) is 5.22. The second-order valence-electron chi connectivity index (χ2n) is 5.62. The Morgan fingerprint density at radius 2 is 1.82 bits per heavy atom. The van der Waals surface area contributed by atoms with Crippen molar-refractivity contribution in [3.63, 3.8) is 0 Å². The molecule has 13 heteroatoms. The fraction of sp³-hybridized carbons (Fsp3) is 0.267. The van der Waals surface area contributed by atoms with Gasteiger partial charge in [0.15, 0.2) is 0 Å². The van der Waals surface area contributed by atoms with E-state index in [0.29, 0.717) is 4.68 Å². The number of aromatic nitrogens is 6. The molecule has 148 valence electrons. The van der Waals surface area contributed by atoms with Gasteiger partial charge in [-0.25, -0.2) is 13.6 Å². The third kappa shape index (κ3) is 4.29. The first kappa shape index (κ1) is 19.4. The van der Waals surface area contributed by atoms with Crippen molar-refractivity contribution in [3.8, 4) is 11.4 Å². The van der Waals surface area contributed by atoms with Crippen LogP contribution >= 0.6 is 0 Å². The summed E-state index contributed by atoms with van der Waals surface area (Å²) >= 11 is 0. The Hall–Kier alpha value is -3.38. The highest BCUT2D eigenvalue weighted by atomic mass is 19.4. The summed E-state index contributed by atoms with van der Waals surface area (Å²) in [5, 5.41) is 24.3. The third-order valence-electron chi connectivity index (χ3n) is 3.59. The van der Waals surface area contributed by atoms with E-state index >= 15 is 0 Å². The molecule has 0 aliphatic heterocycles. The number of aromatic carboxylic acids is 1. The molecule has 0 amide bonds. The Morgan fingerprint density at radius 3 is 2.39 bits per heavy atom. The van der Waals surface area contributed by atoms with Crippen LogP contribution in [0.2, 0.25) is 0 Å². The summed E-state index contributed by atoms with van der Waals surface area (Å²) in [6.45, 7) is -1.05. The summed E-state index contributed by atoms with van der Waals surface area (Å²) in [5.41, 5.74) is -0.851. The van der Waals surface area contributed by atoms with Crippen LogP contribution in [0.1, 0.15) is 21.7 Å². The van der Waals surface area contributed by atoms with Crippen molar-refractivity contribution in [2.75, 3.05) is 0 Å². The van der Waals surface area contributed by atoms with Gasteiger partial charge in [0.05, 0.1) is 11.3 Å². The van der Waals surface area contributed by atoms with E-state index in [9.17, 15) is 26.7 Å². The van der Waals surface area contributed by atoms with E-state index in [4.69, 9.17) is 5.11 Å². The van der Waals surface area contributed by atoms with Gasteiger partial charge in [-0.2, -0.15) is 23.1 Å². The highest BCUT2D eigenvalue weighted by molar-refractivity contribution is 5.85. The SMILES string of the molecule is O=C(O)c1cc(Cn2nnc(-c3ccc(C(F)(F)F)cc3)n2)nn1CC(F)F. The van der Waals surface area contributed by atoms with E-state index in [2.05, 4.69) is 20.5 Å². The van der Waals surface area contributed by atoms with Crippen molar-refractivity contribution < 1.29 is 31.9 Å². The molecule has 0 saturated carbocycles. The van der Waals surface area contributed by atoms with E-state index in [1.165, 1.54) is 12.1 Å². The molecule has 1 N–H and O–H groups in total. The minimum absolute atomic E-state index is 0.0409. The van der Waals surface area contributed by atoms with Crippen LogP contribution in [0.15, 0.2) is 30.3 Å². The first-order valence-corrected chi connectivity index (χ1v) is 7.67. The van der Waals surface area contributed by atoms with Crippen molar-refractivity contribution in [2.45, 2.75) is 25.7 Å². The minimum Gasteiger partial charge on any atom is -0.477 e. The zero-order valence-corrected chi connectivity index (χ0v) is 13.8. The Labute approximate surface area is 153 Å². The lowest BCUT2D eigenvalue weighted by molar-refractivity contribution is -0.137. The van der Waals surface area contributed by atoms with Gasteiger partial charge in [0.2, 0.25) is 5.82 Å². The van der Waals surface area contributed by atoms with Gasteiger partial charge in [-0.1, -0.05) is 12.1 Å². The maximum Gasteiger partial charge on any atom is 0.416 e. The van der Waals surface area contributed by atoms with Crippen LogP contribution in [-0.4, -0.2) is 47.5 Å². The fourth-order valence-electron chi connectivity index (χ4n) is 2.37. The van der Waals surface area contributed by atoms with Gasteiger partial charge in [-0.3, -0.25) is 4.68 Å². The lowest BCUT2D eigenvalue weighted by Gasteiger charge is -2.05. The Morgan fingerprint density at radius 1 is 1.14 bits per heavy atom. The molecular weight excluding hydrogens is 391 g/mol. The molecule has 0 spiro atoms. The van der Waals surface area contributed by atoms with Gasteiger partial charge in [0.1, 0.15) is 18.8 Å². The number of hydrogen-bond acceptors (Lipinski definition) is 5. The Balaban J connectivity index is 1.79. The molecule has 1 aromatic carbocycles. The number of carbonyl (C=O) groups is 1. The van der Waals surface area contributed by atoms with Gasteiger partial charge in [-0.15, -0.1) is 10.2 Å². The standard InChI is InChI=1S/C15H11F5N6O2/c16-12(17)7-25-11(14(27)28)5-10(22-25)6-26-23-13(21-24-26)8-1-3-9(4-2-8)15(18,19)20/h1-5,12H,6-7H2,(H,27,28). The van der Waals surface area contributed by atoms with Crippen LogP contribution in [0.5, 0.6) is 0 Å². The first-order valence-electron chi connectivity index (χ1n) is 7.67. The van der Waals surface area contributed by atoms with Crippen LogP contribution in [0, 0.1) is 0 Å². The van der Waals surface area contributed by atoms with E-state index in [-0.39, 0.29) is 23.6 Å². The van der Waals surface area contributed by atoms with Crippen molar-refractivity contribution in [2.24, 2.45) is 0 Å². The molecule has 0 unspecified atom stereocenters. The summed E-state index contributed by atoms with van der Waals surface area (Å²) < 4.78 is 63.5. The number of halogens is 5.